The standard InChI is InChI=1S/C18H34N2/c1-2-6-15-7-5-11-20(12-10-15)14-17-13-16-8-3-4-9-18(16)19-17/h15-19H,2-14H2,1H3. The summed E-state index contributed by atoms with van der Waals surface area (Å²) in [7, 11) is 0. The number of rotatable bonds is 4. The number of hydrogen-bond donors (Lipinski definition) is 1. The van der Waals surface area contributed by atoms with E-state index in [9.17, 15) is 0 Å². The molecule has 2 heterocycles. The number of likely N-dealkylation sites (tertiary alicyclic amines) is 1. The first kappa shape index (κ1) is 14.8. The van der Waals surface area contributed by atoms with Crippen LogP contribution in [0.1, 0.15) is 71.1 Å². The van der Waals surface area contributed by atoms with Crippen LogP contribution >= 0.6 is 0 Å². The minimum absolute atomic E-state index is 0.797. The molecular formula is C18H34N2. The Balaban J connectivity index is 1.44. The molecule has 2 heteroatoms. The second-order valence-corrected chi connectivity index (χ2v) is 7.64. The van der Waals surface area contributed by atoms with Crippen molar-refractivity contribution in [3.63, 3.8) is 0 Å². The molecule has 0 aromatic rings. The Kier molecular flexibility index (Phi) is 5.39. The van der Waals surface area contributed by atoms with E-state index in [1.807, 2.05) is 0 Å². The fourth-order valence-corrected chi connectivity index (χ4v) is 4.99. The molecule has 2 saturated heterocycles. The molecule has 3 aliphatic rings. The molecule has 0 radical (unpaired) electrons. The summed E-state index contributed by atoms with van der Waals surface area (Å²) in [5.41, 5.74) is 0. The van der Waals surface area contributed by atoms with Crippen molar-refractivity contribution < 1.29 is 0 Å². The number of fused-ring (bicyclic) bond motifs is 1. The SMILES string of the molecule is CCCC1CCCN(CC2CC3CCCCC3N2)CC1. The van der Waals surface area contributed by atoms with Crippen LogP contribution in [0.15, 0.2) is 0 Å². The summed E-state index contributed by atoms with van der Waals surface area (Å²) >= 11 is 0. The van der Waals surface area contributed by atoms with Crippen LogP contribution in [0.2, 0.25) is 0 Å². The topological polar surface area (TPSA) is 15.3 Å². The molecule has 20 heavy (non-hydrogen) atoms. The van der Waals surface area contributed by atoms with Gasteiger partial charge in [0.05, 0.1) is 0 Å². The van der Waals surface area contributed by atoms with E-state index in [1.165, 1.54) is 83.8 Å². The molecule has 116 valence electrons. The smallest absolute Gasteiger partial charge is 0.0200 e. The minimum atomic E-state index is 0.797. The van der Waals surface area contributed by atoms with Crippen molar-refractivity contribution in [1.82, 2.24) is 10.2 Å². The van der Waals surface area contributed by atoms with Crippen LogP contribution in [-0.4, -0.2) is 36.6 Å². The molecular weight excluding hydrogens is 244 g/mol. The van der Waals surface area contributed by atoms with E-state index in [2.05, 4.69) is 17.1 Å². The van der Waals surface area contributed by atoms with Crippen LogP contribution in [-0.2, 0) is 0 Å². The van der Waals surface area contributed by atoms with Crippen LogP contribution < -0.4 is 5.32 Å². The molecule has 1 saturated carbocycles. The first-order valence-corrected chi connectivity index (χ1v) is 9.33. The quantitative estimate of drug-likeness (QED) is 0.841. The van der Waals surface area contributed by atoms with E-state index < -0.39 is 0 Å². The normalized spacial score (nSPS) is 39.5. The van der Waals surface area contributed by atoms with E-state index in [-0.39, 0.29) is 0 Å². The average Bonchev–Trinajstić information content (AvgIpc) is 2.73. The maximum absolute atomic E-state index is 3.96. The highest BCUT2D eigenvalue weighted by molar-refractivity contribution is 4.94. The third kappa shape index (κ3) is 3.76. The van der Waals surface area contributed by atoms with E-state index in [4.69, 9.17) is 0 Å². The van der Waals surface area contributed by atoms with Gasteiger partial charge < -0.3 is 10.2 Å². The number of hydrogen-bond acceptors (Lipinski definition) is 2. The second-order valence-electron chi connectivity index (χ2n) is 7.64. The highest BCUT2D eigenvalue weighted by Crippen LogP contribution is 2.33. The fraction of sp³-hybridized carbons (Fsp3) is 1.00. The molecule has 0 aromatic heterocycles. The summed E-state index contributed by atoms with van der Waals surface area (Å²) in [6, 6.07) is 1.67. The van der Waals surface area contributed by atoms with Crippen LogP contribution in [0.4, 0.5) is 0 Å². The Morgan fingerprint density at radius 3 is 2.75 bits per heavy atom. The summed E-state index contributed by atoms with van der Waals surface area (Å²) in [5.74, 6) is 2.03. The summed E-state index contributed by atoms with van der Waals surface area (Å²) in [6.45, 7) is 6.38. The summed E-state index contributed by atoms with van der Waals surface area (Å²) in [4.78, 5) is 2.77. The zero-order chi connectivity index (χ0) is 13.8. The van der Waals surface area contributed by atoms with Gasteiger partial charge in [0.2, 0.25) is 0 Å². The molecule has 1 N–H and O–H groups in total. The van der Waals surface area contributed by atoms with Gasteiger partial charge >= 0.3 is 0 Å². The van der Waals surface area contributed by atoms with Gasteiger partial charge in [-0.05, 0) is 63.5 Å². The molecule has 0 aromatic carbocycles. The lowest BCUT2D eigenvalue weighted by molar-refractivity contribution is 0.251. The first-order chi connectivity index (χ1) is 9.85. The monoisotopic (exact) mass is 278 g/mol. The third-order valence-electron chi connectivity index (χ3n) is 6.06. The predicted octanol–water partition coefficient (Wildman–Crippen LogP) is 3.81. The van der Waals surface area contributed by atoms with Crippen molar-refractivity contribution >= 4 is 0 Å². The molecule has 0 spiro atoms. The molecule has 2 nitrogen and oxygen atoms in total. The highest BCUT2D eigenvalue weighted by atomic mass is 15.2. The molecule has 0 amide bonds. The fourth-order valence-electron chi connectivity index (χ4n) is 4.99. The van der Waals surface area contributed by atoms with Crippen molar-refractivity contribution in [2.45, 2.75) is 83.2 Å². The Bertz CT molecular complexity index is 277. The van der Waals surface area contributed by atoms with Crippen LogP contribution in [0.25, 0.3) is 0 Å². The molecule has 1 aliphatic carbocycles. The average molecular weight is 278 g/mol. The lowest BCUT2D eigenvalue weighted by Crippen LogP contribution is -2.41. The van der Waals surface area contributed by atoms with E-state index in [0.29, 0.717) is 0 Å². The van der Waals surface area contributed by atoms with Gasteiger partial charge in [0.15, 0.2) is 0 Å². The van der Waals surface area contributed by atoms with Crippen molar-refractivity contribution in [2.24, 2.45) is 11.8 Å². The summed E-state index contributed by atoms with van der Waals surface area (Å²) in [5, 5.41) is 3.96. The minimum Gasteiger partial charge on any atom is -0.310 e. The highest BCUT2D eigenvalue weighted by Gasteiger charge is 2.35. The van der Waals surface area contributed by atoms with Crippen molar-refractivity contribution in [2.75, 3.05) is 19.6 Å². The zero-order valence-corrected chi connectivity index (χ0v) is 13.4. The van der Waals surface area contributed by atoms with Gasteiger partial charge in [0, 0.05) is 18.6 Å². The van der Waals surface area contributed by atoms with Crippen molar-refractivity contribution in [1.29, 1.82) is 0 Å². The van der Waals surface area contributed by atoms with E-state index in [0.717, 1.165) is 23.9 Å². The van der Waals surface area contributed by atoms with Gasteiger partial charge in [-0.25, -0.2) is 0 Å². The largest absolute Gasteiger partial charge is 0.310 e. The van der Waals surface area contributed by atoms with Gasteiger partial charge in [-0.15, -0.1) is 0 Å². The Labute approximate surface area is 125 Å². The number of nitrogens with zero attached hydrogens (tertiary/aromatic N) is 1. The molecule has 3 fully saturated rings. The van der Waals surface area contributed by atoms with Crippen LogP contribution in [0.3, 0.4) is 0 Å². The van der Waals surface area contributed by atoms with Crippen LogP contribution in [0, 0.1) is 11.8 Å². The third-order valence-corrected chi connectivity index (χ3v) is 6.06. The zero-order valence-electron chi connectivity index (χ0n) is 13.4. The Morgan fingerprint density at radius 1 is 1.00 bits per heavy atom. The summed E-state index contributed by atoms with van der Waals surface area (Å²) < 4.78 is 0. The van der Waals surface area contributed by atoms with Gasteiger partial charge in [0.1, 0.15) is 0 Å². The van der Waals surface area contributed by atoms with Gasteiger partial charge in [-0.1, -0.05) is 32.6 Å². The lowest BCUT2D eigenvalue weighted by atomic mass is 9.85. The second kappa shape index (κ2) is 7.26. The van der Waals surface area contributed by atoms with E-state index in [1.54, 1.807) is 0 Å². The van der Waals surface area contributed by atoms with Crippen molar-refractivity contribution in [3.05, 3.63) is 0 Å². The Hall–Kier alpha value is -0.0800. The molecule has 4 unspecified atom stereocenters. The van der Waals surface area contributed by atoms with Crippen LogP contribution in [0.5, 0.6) is 0 Å². The van der Waals surface area contributed by atoms with Gasteiger partial charge in [-0.2, -0.15) is 0 Å². The molecule has 3 rings (SSSR count). The van der Waals surface area contributed by atoms with Crippen molar-refractivity contribution in [3.8, 4) is 0 Å². The molecule has 2 aliphatic heterocycles. The molecule has 4 atom stereocenters. The van der Waals surface area contributed by atoms with Gasteiger partial charge in [0.25, 0.3) is 0 Å². The maximum Gasteiger partial charge on any atom is 0.0200 e. The van der Waals surface area contributed by atoms with Gasteiger partial charge in [-0.3, -0.25) is 0 Å². The summed E-state index contributed by atoms with van der Waals surface area (Å²) in [6.07, 6.45) is 14.5. The predicted molar refractivity (Wildman–Crippen MR) is 86.0 cm³/mol. The number of nitrogens with one attached hydrogen (secondary N) is 1. The maximum atomic E-state index is 3.96. The Morgan fingerprint density at radius 2 is 1.90 bits per heavy atom. The van der Waals surface area contributed by atoms with E-state index >= 15 is 0 Å². The molecule has 0 bridgehead atoms. The lowest BCUT2D eigenvalue weighted by Gasteiger charge is -2.25. The first-order valence-electron chi connectivity index (χ1n) is 9.33.